The van der Waals surface area contributed by atoms with Crippen molar-refractivity contribution in [1.82, 2.24) is 15.4 Å². The quantitative estimate of drug-likeness (QED) is 0.532. The highest BCUT2D eigenvalue weighted by Crippen LogP contribution is 2.28. The molecule has 5 N–H and O–H groups in total. The molecule has 0 unspecified atom stereocenters. The predicted octanol–water partition coefficient (Wildman–Crippen LogP) is 2.45. The molecule has 142 valence electrons. The van der Waals surface area contributed by atoms with Crippen molar-refractivity contribution >= 4 is 17.3 Å². The second-order valence-electron chi connectivity index (χ2n) is 6.85. The highest BCUT2D eigenvalue weighted by molar-refractivity contribution is 5.73. The fraction of sp³-hybridized carbons (Fsp3) is 0.444. The lowest BCUT2D eigenvalue weighted by Gasteiger charge is -2.22. The van der Waals surface area contributed by atoms with Gasteiger partial charge in [0.25, 0.3) is 0 Å². The zero-order chi connectivity index (χ0) is 19.2. The number of benzene rings is 1. The van der Waals surface area contributed by atoms with Crippen LogP contribution in [-0.4, -0.2) is 36.3 Å². The van der Waals surface area contributed by atoms with E-state index in [0.717, 1.165) is 12.0 Å². The number of hydrogen-bond donors (Lipinski definition) is 4. The third kappa shape index (κ3) is 5.38. The van der Waals surface area contributed by atoms with Crippen LogP contribution >= 0.6 is 0 Å². The molecule has 0 aliphatic heterocycles. The van der Waals surface area contributed by atoms with Crippen molar-refractivity contribution < 1.29 is 9.47 Å². The van der Waals surface area contributed by atoms with E-state index < -0.39 is 0 Å². The molecule has 0 bridgehead atoms. The zero-order valence-electron chi connectivity index (χ0n) is 16.0. The number of hydrogen-bond acceptors (Lipinski definition) is 8. The molecule has 0 aliphatic carbocycles. The summed E-state index contributed by atoms with van der Waals surface area (Å²) < 4.78 is 10.6. The van der Waals surface area contributed by atoms with Gasteiger partial charge in [-0.2, -0.15) is 0 Å². The van der Waals surface area contributed by atoms with Crippen molar-refractivity contribution in [2.75, 3.05) is 37.2 Å². The van der Waals surface area contributed by atoms with Crippen molar-refractivity contribution in [3.05, 3.63) is 30.1 Å². The van der Waals surface area contributed by atoms with Crippen LogP contribution in [0.3, 0.4) is 0 Å². The molecule has 8 heteroatoms. The first-order valence-corrected chi connectivity index (χ1v) is 8.42. The molecule has 0 fully saturated rings. The number of methoxy groups -OCH3 is 2. The van der Waals surface area contributed by atoms with Crippen LogP contribution in [0.2, 0.25) is 0 Å². The van der Waals surface area contributed by atoms with Crippen LogP contribution in [0.4, 0.5) is 17.3 Å². The average molecular weight is 360 g/mol. The van der Waals surface area contributed by atoms with Gasteiger partial charge in [-0.15, -0.1) is 0 Å². The molecule has 2 aromatic rings. The molecule has 0 radical (unpaired) electrons. The van der Waals surface area contributed by atoms with Gasteiger partial charge < -0.3 is 25.9 Å². The number of nitrogens with zero attached hydrogens (tertiary/aromatic N) is 2. The van der Waals surface area contributed by atoms with E-state index in [1.54, 1.807) is 14.2 Å². The lowest BCUT2D eigenvalue weighted by atomic mass is 10.1. The first-order valence-electron chi connectivity index (χ1n) is 8.42. The van der Waals surface area contributed by atoms with Crippen molar-refractivity contribution in [3.63, 3.8) is 0 Å². The van der Waals surface area contributed by atoms with Gasteiger partial charge in [0, 0.05) is 12.1 Å². The van der Waals surface area contributed by atoms with E-state index >= 15 is 0 Å². The number of anilines is 3. The second-order valence-corrected chi connectivity index (χ2v) is 6.85. The standard InChI is InChI=1S/C18H28N6O2/c1-18(2,3)24-23-17-15(19)16(21-11-22-17)20-9-8-12-6-7-13(25-4)14(10-12)26-5/h6-7,10-11,24H,8-9,19H2,1-5H3,(H2,20,21,22,23). The summed E-state index contributed by atoms with van der Waals surface area (Å²) in [6.45, 7) is 6.79. The maximum atomic E-state index is 6.15. The highest BCUT2D eigenvalue weighted by Gasteiger charge is 2.12. The number of ether oxygens (including phenoxy) is 2. The van der Waals surface area contributed by atoms with E-state index in [-0.39, 0.29) is 5.54 Å². The number of aromatic nitrogens is 2. The summed E-state index contributed by atoms with van der Waals surface area (Å²) in [5.74, 6) is 2.57. The lowest BCUT2D eigenvalue weighted by Crippen LogP contribution is -2.40. The molecule has 1 heterocycles. The molecule has 1 aromatic carbocycles. The van der Waals surface area contributed by atoms with Crippen LogP contribution in [0.1, 0.15) is 26.3 Å². The van der Waals surface area contributed by atoms with Crippen molar-refractivity contribution in [2.24, 2.45) is 0 Å². The summed E-state index contributed by atoms with van der Waals surface area (Å²) in [6.07, 6.45) is 2.26. The number of nitrogens with two attached hydrogens (primary N) is 1. The summed E-state index contributed by atoms with van der Waals surface area (Å²) in [5.41, 5.74) is 13.8. The first-order chi connectivity index (χ1) is 12.3. The fourth-order valence-electron chi connectivity index (χ4n) is 2.24. The van der Waals surface area contributed by atoms with Gasteiger partial charge in [-0.3, -0.25) is 0 Å². The number of nitrogen functional groups attached to an aromatic ring is 1. The minimum atomic E-state index is -0.113. The van der Waals surface area contributed by atoms with E-state index in [2.05, 4.69) is 26.1 Å². The second kappa shape index (κ2) is 8.57. The molecule has 0 aliphatic rings. The fourth-order valence-corrected chi connectivity index (χ4v) is 2.24. The Kier molecular flexibility index (Phi) is 6.46. The van der Waals surface area contributed by atoms with Crippen molar-refractivity contribution in [2.45, 2.75) is 32.7 Å². The summed E-state index contributed by atoms with van der Waals surface area (Å²) in [6, 6.07) is 5.87. The van der Waals surface area contributed by atoms with Crippen LogP contribution in [-0.2, 0) is 6.42 Å². The first kappa shape index (κ1) is 19.6. The van der Waals surface area contributed by atoms with Gasteiger partial charge in [-0.1, -0.05) is 6.07 Å². The van der Waals surface area contributed by atoms with E-state index in [1.807, 2.05) is 39.0 Å². The third-order valence-electron chi connectivity index (χ3n) is 3.59. The molecule has 0 spiro atoms. The smallest absolute Gasteiger partial charge is 0.169 e. The molecule has 1 aromatic heterocycles. The largest absolute Gasteiger partial charge is 0.493 e. The third-order valence-corrected chi connectivity index (χ3v) is 3.59. The number of nitrogens with one attached hydrogen (secondary N) is 3. The van der Waals surface area contributed by atoms with Crippen LogP contribution < -0.4 is 31.4 Å². The van der Waals surface area contributed by atoms with Gasteiger partial charge in [-0.05, 0) is 44.9 Å². The van der Waals surface area contributed by atoms with E-state index in [1.165, 1.54) is 6.33 Å². The minimum Gasteiger partial charge on any atom is -0.493 e. The Morgan fingerprint density at radius 3 is 2.38 bits per heavy atom. The van der Waals surface area contributed by atoms with Gasteiger partial charge in [0.05, 0.1) is 14.2 Å². The topological polar surface area (TPSA) is 106 Å². The summed E-state index contributed by atoms with van der Waals surface area (Å²) in [4.78, 5) is 8.39. The van der Waals surface area contributed by atoms with Crippen LogP contribution in [0, 0.1) is 0 Å². The van der Waals surface area contributed by atoms with E-state index in [4.69, 9.17) is 15.2 Å². The molecule has 2 rings (SSSR count). The molecule has 0 saturated heterocycles. The molecule has 8 nitrogen and oxygen atoms in total. The predicted molar refractivity (Wildman–Crippen MR) is 105 cm³/mol. The van der Waals surface area contributed by atoms with Gasteiger partial charge in [-0.25, -0.2) is 15.4 Å². The van der Waals surface area contributed by atoms with E-state index in [9.17, 15) is 0 Å². The summed E-state index contributed by atoms with van der Waals surface area (Å²) in [7, 11) is 3.25. The van der Waals surface area contributed by atoms with Gasteiger partial charge in [0.15, 0.2) is 23.1 Å². The normalized spacial score (nSPS) is 11.1. The highest BCUT2D eigenvalue weighted by atomic mass is 16.5. The summed E-state index contributed by atoms with van der Waals surface area (Å²) in [5, 5.41) is 3.25. The Morgan fingerprint density at radius 1 is 1.04 bits per heavy atom. The molecular formula is C18H28N6O2. The molecular weight excluding hydrogens is 332 g/mol. The van der Waals surface area contributed by atoms with Crippen LogP contribution in [0.5, 0.6) is 11.5 Å². The lowest BCUT2D eigenvalue weighted by molar-refractivity contribution is 0.354. The molecule has 26 heavy (non-hydrogen) atoms. The Hall–Kier alpha value is -2.74. The van der Waals surface area contributed by atoms with Crippen LogP contribution in [0.25, 0.3) is 0 Å². The zero-order valence-corrected chi connectivity index (χ0v) is 16.0. The Morgan fingerprint density at radius 2 is 1.73 bits per heavy atom. The summed E-state index contributed by atoms with van der Waals surface area (Å²) >= 11 is 0. The SMILES string of the molecule is COc1ccc(CCNc2ncnc(NNC(C)(C)C)c2N)cc1OC. The Bertz CT molecular complexity index is 730. The Balaban J connectivity index is 1.97. The van der Waals surface area contributed by atoms with Crippen molar-refractivity contribution in [1.29, 1.82) is 0 Å². The molecule has 0 saturated carbocycles. The number of rotatable bonds is 8. The average Bonchev–Trinajstić information content (AvgIpc) is 2.61. The van der Waals surface area contributed by atoms with Gasteiger partial charge in [0.2, 0.25) is 0 Å². The Labute approximate surface area is 154 Å². The minimum absolute atomic E-state index is 0.113. The monoisotopic (exact) mass is 360 g/mol. The van der Waals surface area contributed by atoms with Crippen LogP contribution in [0.15, 0.2) is 24.5 Å². The van der Waals surface area contributed by atoms with E-state index in [0.29, 0.717) is 35.4 Å². The maximum Gasteiger partial charge on any atom is 0.169 e. The van der Waals surface area contributed by atoms with Gasteiger partial charge >= 0.3 is 0 Å². The van der Waals surface area contributed by atoms with Crippen molar-refractivity contribution in [3.8, 4) is 11.5 Å². The maximum absolute atomic E-state index is 6.15. The number of hydrazine groups is 1. The van der Waals surface area contributed by atoms with Gasteiger partial charge in [0.1, 0.15) is 12.0 Å². The molecule has 0 amide bonds. The molecule has 0 atom stereocenters.